The zero-order chi connectivity index (χ0) is 13.5. The summed E-state index contributed by atoms with van der Waals surface area (Å²) in [6.07, 6.45) is 0.334. The molecule has 2 aliphatic heterocycles. The van der Waals surface area contributed by atoms with Gasteiger partial charge in [-0.1, -0.05) is 24.3 Å². The van der Waals surface area contributed by atoms with Crippen LogP contribution in [0.1, 0.15) is 33.9 Å². The Hall–Kier alpha value is -1.84. The average Bonchev–Trinajstić information content (AvgIpc) is 3.13. The summed E-state index contributed by atoms with van der Waals surface area (Å²) < 4.78 is 10.9. The number of rotatable bonds is 2. The predicted molar refractivity (Wildman–Crippen MR) is 74.6 cm³/mol. The summed E-state index contributed by atoms with van der Waals surface area (Å²) in [5.74, 6) is 0.948. The van der Waals surface area contributed by atoms with E-state index in [1.165, 1.54) is 16.7 Å². The highest BCUT2D eigenvalue weighted by atomic mass is 16.5. The number of benzene rings is 2. The van der Waals surface area contributed by atoms with Crippen LogP contribution in [0.3, 0.4) is 0 Å². The lowest BCUT2D eigenvalue weighted by Gasteiger charge is -2.13. The van der Waals surface area contributed by atoms with Crippen molar-refractivity contribution in [3.05, 3.63) is 64.2 Å². The minimum absolute atomic E-state index is 0.591. The van der Waals surface area contributed by atoms with Crippen molar-refractivity contribution in [2.24, 2.45) is 0 Å². The second-order valence-electron chi connectivity index (χ2n) is 5.39. The molecule has 0 spiro atoms. The molecule has 2 aliphatic rings. The van der Waals surface area contributed by atoms with Gasteiger partial charge in [0.1, 0.15) is 11.9 Å². The third kappa shape index (κ3) is 1.90. The van der Waals surface area contributed by atoms with Gasteiger partial charge in [-0.15, -0.1) is 0 Å². The summed E-state index contributed by atoms with van der Waals surface area (Å²) in [6.45, 7) is 2.07. The quantitative estimate of drug-likeness (QED) is 0.910. The zero-order valence-corrected chi connectivity index (χ0v) is 11.1. The summed E-state index contributed by atoms with van der Waals surface area (Å²) in [6, 6.07) is 12.0. The molecule has 102 valence electrons. The Balaban J connectivity index is 1.68. The lowest BCUT2D eigenvalue weighted by molar-refractivity contribution is 0.134. The highest BCUT2D eigenvalue weighted by Crippen LogP contribution is 2.32. The third-order valence-corrected chi connectivity index (χ3v) is 4.09. The van der Waals surface area contributed by atoms with Gasteiger partial charge in [-0.3, -0.25) is 0 Å². The summed E-state index contributed by atoms with van der Waals surface area (Å²) in [7, 11) is 0. The maximum absolute atomic E-state index is 10.6. The molecule has 1 unspecified atom stereocenters. The Kier molecular flexibility index (Phi) is 2.76. The molecule has 0 aliphatic carbocycles. The molecule has 0 amide bonds. The Morgan fingerprint density at radius 3 is 2.55 bits per heavy atom. The van der Waals surface area contributed by atoms with E-state index < -0.39 is 6.10 Å². The number of aliphatic hydroxyl groups excluding tert-OH is 1. The van der Waals surface area contributed by atoms with Crippen LogP contribution in [0.4, 0.5) is 0 Å². The number of ether oxygens (including phenoxy) is 2. The minimum Gasteiger partial charge on any atom is -0.493 e. The summed E-state index contributed by atoms with van der Waals surface area (Å²) in [5, 5.41) is 10.6. The Labute approximate surface area is 117 Å². The van der Waals surface area contributed by atoms with Crippen LogP contribution in [0.5, 0.6) is 5.75 Å². The first-order valence-corrected chi connectivity index (χ1v) is 6.94. The molecule has 0 aromatic heterocycles. The predicted octanol–water partition coefficient (Wildman–Crippen LogP) is 2.73. The zero-order valence-electron chi connectivity index (χ0n) is 11.1. The highest BCUT2D eigenvalue weighted by molar-refractivity contribution is 5.44. The van der Waals surface area contributed by atoms with E-state index in [-0.39, 0.29) is 0 Å². The maximum Gasteiger partial charge on any atom is 0.122 e. The van der Waals surface area contributed by atoms with Crippen molar-refractivity contribution in [3.63, 3.8) is 0 Å². The van der Waals surface area contributed by atoms with Crippen LogP contribution in [-0.2, 0) is 24.4 Å². The molecule has 0 bridgehead atoms. The molecule has 2 heterocycles. The van der Waals surface area contributed by atoms with Crippen LogP contribution < -0.4 is 4.74 Å². The lowest BCUT2D eigenvalue weighted by Crippen LogP contribution is -2.01. The SMILES string of the molecule is OC(c1ccc2c(c1)COC2)c1ccc2c(c1)CCO2. The fourth-order valence-electron chi connectivity index (χ4n) is 2.93. The maximum atomic E-state index is 10.6. The van der Waals surface area contributed by atoms with E-state index in [2.05, 4.69) is 18.2 Å². The topological polar surface area (TPSA) is 38.7 Å². The molecule has 0 saturated carbocycles. The lowest BCUT2D eigenvalue weighted by atomic mass is 9.96. The second-order valence-corrected chi connectivity index (χ2v) is 5.39. The average molecular weight is 268 g/mol. The van der Waals surface area contributed by atoms with Gasteiger partial charge in [0.05, 0.1) is 19.8 Å². The van der Waals surface area contributed by atoms with Gasteiger partial charge in [-0.25, -0.2) is 0 Å². The fraction of sp³-hybridized carbons (Fsp3) is 0.294. The van der Waals surface area contributed by atoms with Gasteiger partial charge in [0.15, 0.2) is 0 Å². The molecule has 0 radical (unpaired) electrons. The van der Waals surface area contributed by atoms with E-state index in [0.29, 0.717) is 13.2 Å². The molecule has 0 saturated heterocycles. The van der Waals surface area contributed by atoms with Crippen LogP contribution in [0, 0.1) is 0 Å². The first-order chi connectivity index (χ1) is 9.81. The van der Waals surface area contributed by atoms with E-state index in [1.807, 2.05) is 18.2 Å². The molecule has 1 atom stereocenters. The van der Waals surface area contributed by atoms with Crippen molar-refractivity contribution in [3.8, 4) is 5.75 Å². The van der Waals surface area contributed by atoms with Gasteiger partial charge >= 0.3 is 0 Å². The third-order valence-electron chi connectivity index (χ3n) is 4.09. The molecular weight excluding hydrogens is 252 g/mol. The van der Waals surface area contributed by atoms with E-state index >= 15 is 0 Å². The monoisotopic (exact) mass is 268 g/mol. The van der Waals surface area contributed by atoms with Gasteiger partial charge in [0, 0.05) is 6.42 Å². The van der Waals surface area contributed by atoms with Gasteiger partial charge in [-0.05, 0) is 39.9 Å². The molecule has 4 rings (SSSR count). The normalized spacial score (nSPS) is 17.4. The van der Waals surface area contributed by atoms with Gasteiger partial charge in [0.2, 0.25) is 0 Å². The smallest absolute Gasteiger partial charge is 0.122 e. The fourth-order valence-corrected chi connectivity index (χ4v) is 2.93. The number of aliphatic hydroxyl groups is 1. The number of fused-ring (bicyclic) bond motifs is 2. The molecule has 1 N–H and O–H groups in total. The Bertz CT molecular complexity index is 606. The molecule has 3 nitrogen and oxygen atoms in total. The van der Waals surface area contributed by atoms with E-state index in [4.69, 9.17) is 9.47 Å². The molecular formula is C17H16O3. The first kappa shape index (κ1) is 11.9. The van der Waals surface area contributed by atoms with Crippen molar-refractivity contribution in [1.82, 2.24) is 0 Å². The van der Waals surface area contributed by atoms with Crippen molar-refractivity contribution in [1.29, 1.82) is 0 Å². The second kappa shape index (κ2) is 4.62. The van der Waals surface area contributed by atoms with Crippen molar-refractivity contribution >= 4 is 0 Å². The number of hydrogen-bond donors (Lipinski definition) is 1. The molecule has 0 fully saturated rings. The highest BCUT2D eigenvalue weighted by Gasteiger charge is 2.18. The van der Waals surface area contributed by atoms with Crippen LogP contribution in [-0.4, -0.2) is 11.7 Å². The van der Waals surface area contributed by atoms with Crippen LogP contribution in [0.25, 0.3) is 0 Å². The Morgan fingerprint density at radius 1 is 0.900 bits per heavy atom. The van der Waals surface area contributed by atoms with Gasteiger partial charge in [0.25, 0.3) is 0 Å². The standard InChI is InChI=1S/C17H16O3/c18-17(12-1-2-14-9-19-10-15(14)8-12)13-3-4-16-11(7-13)5-6-20-16/h1-4,7-8,17-18H,5-6,9-10H2. The number of hydrogen-bond acceptors (Lipinski definition) is 3. The Morgan fingerprint density at radius 2 is 1.65 bits per heavy atom. The summed E-state index contributed by atoms with van der Waals surface area (Å²) in [4.78, 5) is 0. The van der Waals surface area contributed by atoms with Gasteiger partial charge < -0.3 is 14.6 Å². The largest absolute Gasteiger partial charge is 0.493 e. The van der Waals surface area contributed by atoms with E-state index in [1.54, 1.807) is 0 Å². The van der Waals surface area contributed by atoms with Crippen molar-refractivity contribution < 1.29 is 14.6 Å². The van der Waals surface area contributed by atoms with Crippen LogP contribution in [0.15, 0.2) is 36.4 Å². The summed E-state index contributed by atoms with van der Waals surface area (Å²) in [5.41, 5.74) is 5.45. The van der Waals surface area contributed by atoms with Gasteiger partial charge in [-0.2, -0.15) is 0 Å². The first-order valence-electron chi connectivity index (χ1n) is 6.94. The van der Waals surface area contributed by atoms with Crippen molar-refractivity contribution in [2.75, 3.05) is 6.61 Å². The molecule has 3 heteroatoms. The van der Waals surface area contributed by atoms with Crippen molar-refractivity contribution in [2.45, 2.75) is 25.7 Å². The van der Waals surface area contributed by atoms with Crippen LogP contribution in [0.2, 0.25) is 0 Å². The van der Waals surface area contributed by atoms with E-state index in [0.717, 1.165) is 29.9 Å². The molecule has 20 heavy (non-hydrogen) atoms. The molecule has 2 aromatic carbocycles. The molecule has 2 aromatic rings. The van der Waals surface area contributed by atoms with Crippen LogP contribution >= 0.6 is 0 Å². The van der Waals surface area contributed by atoms with E-state index in [9.17, 15) is 5.11 Å². The summed E-state index contributed by atoms with van der Waals surface area (Å²) >= 11 is 0. The minimum atomic E-state index is -0.591.